The quantitative estimate of drug-likeness (QED) is 0.228. The topological polar surface area (TPSA) is 35.5 Å². The molecule has 0 N–H and O–H groups in total. The lowest BCUT2D eigenvalue weighted by molar-refractivity contribution is 0.103. The number of ether oxygens (including phenoxy) is 2. The van der Waals surface area contributed by atoms with Crippen molar-refractivity contribution in [1.29, 1.82) is 0 Å². The van der Waals surface area contributed by atoms with Crippen molar-refractivity contribution in [2.75, 3.05) is 0 Å². The van der Waals surface area contributed by atoms with Gasteiger partial charge in [0, 0.05) is 16.5 Å². The number of carbonyl (C=O) groups excluding carboxylic acids is 1. The summed E-state index contributed by atoms with van der Waals surface area (Å²) in [4.78, 5) is 13.0. The second kappa shape index (κ2) is 10.7. The van der Waals surface area contributed by atoms with Crippen molar-refractivity contribution in [3.8, 4) is 17.2 Å². The highest BCUT2D eigenvalue weighted by Crippen LogP contribution is 2.34. The Morgan fingerprint density at radius 3 is 1.26 bits per heavy atom. The minimum absolute atomic E-state index is 0.00611. The molecule has 3 nitrogen and oxygen atoms in total. The Balaban J connectivity index is 1.41. The van der Waals surface area contributed by atoms with Crippen molar-refractivity contribution in [2.45, 2.75) is 71.8 Å². The molecule has 4 aromatic carbocycles. The van der Waals surface area contributed by atoms with E-state index in [2.05, 4.69) is 79.7 Å². The van der Waals surface area contributed by atoms with Crippen LogP contribution in [0.4, 0.5) is 0 Å². The number of carbonyl (C=O) groups is 1. The van der Waals surface area contributed by atoms with Gasteiger partial charge < -0.3 is 9.47 Å². The summed E-state index contributed by atoms with van der Waals surface area (Å²) in [6, 6.07) is 31.7. The fourth-order valence-electron chi connectivity index (χ4n) is 4.50. The molecule has 0 aliphatic heterocycles. The molecule has 0 bridgehead atoms. The van der Waals surface area contributed by atoms with Gasteiger partial charge >= 0.3 is 0 Å². The molecule has 0 unspecified atom stereocenters. The first-order valence-corrected chi connectivity index (χ1v) is 13.6. The number of rotatable bonds is 7. The smallest absolute Gasteiger partial charge is 0.193 e. The van der Waals surface area contributed by atoms with Gasteiger partial charge in [0.2, 0.25) is 0 Å². The van der Waals surface area contributed by atoms with Crippen molar-refractivity contribution in [3.05, 3.63) is 125 Å². The standard InChI is InChI=1S/C36H40O3/c1-34(2,3)27-13-9-25(10-14-27)33(37)26-11-19-30(20-12-26)38-31-21-15-28(16-22-31)36(7,8)29-17-23-32(24-18-29)39-35(4,5)6/h9-24H,1-8H3. The number of hydrogen-bond donors (Lipinski definition) is 0. The lowest BCUT2D eigenvalue weighted by atomic mass is 9.78. The summed E-state index contributed by atoms with van der Waals surface area (Å²) in [6.07, 6.45) is 0. The molecule has 0 aliphatic carbocycles. The van der Waals surface area contributed by atoms with E-state index in [-0.39, 0.29) is 22.2 Å². The zero-order valence-electron chi connectivity index (χ0n) is 24.5. The summed E-state index contributed by atoms with van der Waals surface area (Å²) in [6.45, 7) is 17.1. The van der Waals surface area contributed by atoms with E-state index >= 15 is 0 Å². The zero-order valence-corrected chi connectivity index (χ0v) is 24.5. The van der Waals surface area contributed by atoms with Gasteiger partial charge in [-0.05, 0) is 91.4 Å². The Bertz CT molecular complexity index is 1400. The van der Waals surface area contributed by atoms with E-state index in [0.29, 0.717) is 16.9 Å². The first-order valence-electron chi connectivity index (χ1n) is 13.6. The van der Waals surface area contributed by atoms with Crippen LogP contribution < -0.4 is 9.47 Å². The van der Waals surface area contributed by atoms with E-state index in [0.717, 1.165) is 11.5 Å². The van der Waals surface area contributed by atoms with Crippen molar-refractivity contribution in [3.63, 3.8) is 0 Å². The van der Waals surface area contributed by atoms with Crippen molar-refractivity contribution in [1.82, 2.24) is 0 Å². The largest absolute Gasteiger partial charge is 0.488 e. The highest BCUT2D eigenvalue weighted by atomic mass is 16.5. The lowest BCUT2D eigenvalue weighted by Gasteiger charge is -2.27. The molecule has 0 aromatic heterocycles. The third-order valence-electron chi connectivity index (χ3n) is 6.94. The molecule has 0 fully saturated rings. The SMILES string of the molecule is CC(C)(C)Oc1ccc(C(C)(C)c2ccc(Oc3ccc(C(=O)c4ccc(C(C)(C)C)cc4)cc3)cc2)cc1. The maximum atomic E-state index is 13.0. The van der Waals surface area contributed by atoms with Crippen LogP contribution in [0.1, 0.15) is 88.0 Å². The summed E-state index contributed by atoms with van der Waals surface area (Å²) < 4.78 is 12.0. The van der Waals surface area contributed by atoms with Crippen molar-refractivity contribution in [2.24, 2.45) is 0 Å². The lowest BCUT2D eigenvalue weighted by Crippen LogP contribution is -2.23. The summed E-state index contributed by atoms with van der Waals surface area (Å²) in [5, 5.41) is 0. The van der Waals surface area contributed by atoms with Gasteiger partial charge in [-0.3, -0.25) is 4.79 Å². The van der Waals surface area contributed by atoms with E-state index in [4.69, 9.17) is 9.47 Å². The molecule has 0 spiro atoms. The van der Waals surface area contributed by atoms with Gasteiger partial charge in [-0.2, -0.15) is 0 Å². The molecular formula is C36H40O3. The van der Waals surface area contributed by atoms with Crippen LogP contribution in [0.15, 0.2) is 97.1 Å². The average Bonchev–Trinajstić information content (AvgIpc) is 2.88. The van der Waals surface area contributed by atoms with Crippen LogP contribution in [-0.4, -0.2) is 11.4 Å². The summed E-state index contributed by atoms with van der Waals surface area (Å²) in [7, 11) is 0. The Labute approximate surface area is 233 Å². The Kier molecular flexibility index (Phi) is 7.75. The highest BCUT2D eigenvalue weighted by molar-refractivity contribution is 6.09. The Hall–Kier alpha value is -3.85. The molecule has 0 aliphatic rings. The van der Waals surface area contributed by atoms with Gasteiger partial charge in [0.05, 0.1) is 0 Å². The molecule has 202 valence electrons. The van der Waals surface area contributed by atoms with Crippen LogP contribution in [0.25, 0.3) is 0 Å². The third-order valence-corrected chi connectivity index (χ3v) is 6.94. The maximum Gasteiger partial charge on any atom is 0.193 e. The molecule has 0 radical (unpaired) electrons. The van der Waals surface area contributed by atoms with E-state index < -0.39 is 0 Å². The number of hydrogen-bond acceptors (Lipinski definition) is 3. The molecule has 39 heavy (non-hydrogen) atoms. The second-order valence-corrected chi connectivity index (χ2v) is 12.7. The van der Waals surface area contributed by atoms with Crippen LogP contribution >= 0.6 is 0 Å². The van der Waals surface area contributed by atoms with Gasteiger partial charge in [-0.1, -0.05) is 83.1 Å². The maximum absolute atomic E-state index is 13.0. The predicted molar refractivity (Wildman–Crippen MR) is 160 cm³/mol. The van der Waals surface area contributed by atoms with Crippen molar-refractivity contribution < 1.29 is 14.3 Å². The molecule has 4 rings (SSSR count). The predicted octanol–water partition coefficient (Wildman–Crippen LogP) is 9.51. The normalized spacial score (nSPS) is 12.2. The first-order chi connectivity index (χ1) is 18.2. The van der Waals surface area contributed by atoms with E-state index in [1.165, 1.54) is 16.7 Å². The van der Waals surface area contributed by atoms with Gasteiger partial charge in [-0.15, -0.1) is 0 Å². The summed E-state index contributed by atoms with van der Waals surface area (Å²) in [5.74, 6) is 2.32. The second-order valence-electron chi connectivity index (χ2n) is 12.7. The van der Waals surface area contributed by atoms with Gasteiger partial charge in [0.15, 0.2) is 5.78 Å². The molecule has 0 atom stereocenters. The van der Waals surface area contributed by atoms with E-state index in [9.17, 15) is 4.79 Å². The summed E-state index contributed by atoms with van der Waals surface area (Å²) in [5.41, 5.74) is 4.60. The van der Waals surface area contributed by atoms with E-state index in [1.54, 1.807) is 0 Å². The van der Waals surface area contributed by atoms with Crippen LogP contribution in [0, 0.1) is 0 Å². The molecule has 0 amide bonds. The molecule has 0 heterocycles. The van der Waals surface area contributed by atoms with Gasteiger partial charge in [0.1, 0.15) is 22.8 Å². The fourth-order valence-corrected chi connectivity index (χ4v) is 4.50. The first kappa shape index (κ1) is 28.2. The van der Waals surface area contributed by atoms with Gasteiger partial charge in [-0.25, -0.2) is 0 Å². The minimum Gasteiger partial charge on any atom is -0.488 e. The Morgan fingerprint density at radius 2 is 0.846 bits per heavy atom. The number of ketones is 1. The van der Waals surface area contributed by atoms with Crippen LogP contribution in [0.2, 0.25) is 0 Å². The zero-order chi connectivity index (χ0) is 28.4. The minimum atomic E-state index is -0.221. The molecule has 0 saturated carbocycles. The molecule has 0 saturated heterocycles. The Morgan fingerprint density at radius 1 is 0.487 bits per heavy atom. The van der Waals surface area contributed by atoms with Gasteiger partial charge in [0.25, 0.3) is 0 Å². The van der Waals surface area contributed by atoms with Crippen LogP contribution in [-0.2, 0) is 10.8 Å². The fraction of sp³-hybridized carbons (Fsp3) is 0.306. The number of benzene rings is 4. The summed E-state index contributed by atoms with van der Waals surface area (Å²) >= 11 is 0. The van der Waals surface area contributed by atoms with E-state index in [1.807, 2.05) is 72.8 Å². The molecule has 3 heteroatoms. The molecule has 4 aromatic rings. The van der Waals surface area contributed by atoms with Crippen LogP contribution in [0.5, 0.6) is 17.2 Å². The average molecular weight is 521 g/mol. The monoisotopic (exact) mass is 520 g/mol. The van der Waals surface area contributed by atoms with Crippen LogP contribution in [0.3, 0.4) is 0 Å². The third kappa shape index (κ3) is 6.97. The van der Waals surface area contributed by atoms with Crippen molar-refractivity contribution >= 4 is 5.78 Å². The molecular weight excluding hydrogens is 480 g/mol. The highest BCUT2D eigenvalue weighted by Gasteiger charge is 2.24.